The molecular weight excluding hydrogens is 280 g/mol. The summed E-state index contributed by atoms with van der Waals surface area (Å²) in [5.41, 5.74) is 6.04. The van der Waals surface area contributed by atoms with E-state index in [2.05, 4.69) is 5.32 Å². The summed E-state index contributed by atoms with van der Waals surface area (Å²) in [6, 6.07) is 5.99. The number of hydrogen-bond donors (Lipinski definition) is 3. The van der Waals surface area contributed by atoms with Gasteiger partial charge in [0.1, 0.15) is 0 Å². The zero-order valence-electron chi connectivity index (χ0n) is 11.4. The van der Waals surface area contributed by atoms with Gasteiger partial charge in [-0.15, -0.1) is 0 Å². The van der Waals surface area contributed by atoms with Crippen LogP contribution < -0.4 is 11.1 Å². The van der Waals surface area contributed by atoms with Gasteiger partial charge in [0.25, 0.3) is 10.1 Å². The smallest absolute Gasteiger partial charge is 0.294 e. The Hall–Kier alpha value is -1.44. The predicted octanol–water partition coefficient (Wildman–Crippen LogP) is 0.713. The maximum Gasteiger partial charge on any atom is 0.294 e. The van der Waals surface area contributed by atoms with Crippen molar-refractivity contribution in [3.05, 3.63) is 29.8 Å². The van der Waals surface area contributed by atoms with Gasteiger partial charge in [0.05, 0.1) is 10.8 Å². The molecule has 6 nitrogen and oxygen atoms in total. The summed E-state index contributed by atoms with van der Waals surface area (Å²) in [6.45, 7) is 3.65. The first-order valence-electron chi connectivity index (χ1n) is 6.35. The zero-order valence-corrected chi connectivity index (χ0v) is 12.2. The standard InChI is InChI=1S/C7H8O3S.C6H12N2O/c1-6-2-4-7(5-3-6)11(8,9)10;7-6(9)5-2-1-3-8-4-5/h2-5H,1H3,(H,8,9,10);5,8H,1-4H2,(H2,7,9)/t;5-/m.1/s1. The van der Waals surface area contributed by atoms with Crippen molar-refractivity contribution in [2.24, 2.45) is 11.7 Å². The average molecular weight is 300 g/mol. The third-order valence-corrected chi connectivity index (χ3v) is 3.89. The molecule has 20 heavy (non-hydrogen) atoms. The van der Waals surface area contributed by atoms with E-state index < -0.39 is 10.1 Å². The molecule has 1 aliphatic rings. The molecule has 0 aliphatic carbocycles. The number of aryl methyl sites for hydroxylation is 1. The van der Waals surface area contributed by atoms with Crippen molar-refractivity contribution in [1.82, 2.24) is 5.32 Å². The Morgan fingerprint density at radius 2 is 1.95 bits per heavy atom. The number of primary amides is 1. The van der Waals surface area contributed by atoms with Crippen LogP contribution in [0.2, 0.25) is 0 Å². The molecule has 112 valence electrons. The minimum absolute atomic E-state index is 0.0666. The van der Waals surface area contributed by atoms with E-state index in [-0.39, 0.29) is 16.7 Å². The van der Waals surface area contributed by atoms with Crippen LogP contribution in [0.3, 0.4) is 0 Å². The van der Waals surface area contributed by atoms with Gasteiger partial charge in [-0.25, -0.2) is 0 Å². The van der Waals surface area contributed by atoms with Crippen LogP contribution in [0.25, 0.3) is 0 Å². The lowest BCUT2D eigenvalue weighted by molar-refractivity contribution is -0.122. The molecule has 1 aromatic carbocycles. The Balaban J connectivity index is 0.000000204. The molecule has 0 bridgehead atoms. The predicted molar refractivity (Wildman–Crippen MR) is 75.8 cm³/mol. The molecule has 4 N–H and O–H groups in total. The summed E-state index contributed by atoms with van der Waals surface area (Å²) in [4.78, 5) is 10.5. The van der Waals surface area contributed by atoms with E-state index in [0.29, 0.717) is 0 Å². The van der Waals surface area contributed by atoms with Gasteiger partial charge in [-0.3, -0.25) is 9.35 Å². The van der Waals surface area contributed by atoms with E-state index >= 15 is 0 Å². The second kappa shape index (κ2) is 7.37. The topological polar surface area (TPSA) is 109 Å². The van der Waals surface area contributed by atoms with Crippen LogP contribution in [0.1, 0.15) is 18.4 Å². The molecule has 1 atom stereocenters. The number of rotatable bonds is 2. The highest BCUT2D eigenvalue weighted by molar-refractivity contribution is 7.85. The normalized spacial score (nSPS) is 18.8. The number of amides is 1. The minimum atomic E-state index is -4.02. The van der Waals surface area contributed by atoms with Crippen molar-refractivity contribution in [3.8, 4) is 0 Å². The van der Waals surface area contributed by atoms with E-state index in [0.717, 1.165) is 31.5 Å². The first-order valence-corrected chi connectivity index (χ1v) is 7.79. The Morgan fingerprint density at radius 3 is 2.30 bits per heavy atom. The van der Waals surface area contributed by atoms with E-state index in [1.165, 1.54) is 12.1 Å². The van der Waals surface area contributed by atoms with Crippen molar-refractivity contribution in [1.29, 1.82) is 0 Å². The molecule has 0 saturated carbocycles. The number of carbonyl (C=O) groups excluding carboxylic acids is 1. The highest BCUT2D eigenvalue weighted by atomic mass is 32.2. The molecule has 0 spiro atoms. The second-order valence-electron chi connectivity index (χ2n) is 4.73. The molecule has 1 aromatic rings. The van der Waals surface area contributed by atoms with E-state index in [1.54, 1.807) is 12.1 Å². The van der Waals surface area contributed by atoms with Gasteiger partial charge in [0.15, 0.2) is 0 Å². The second-order valence-corrected chi connectivity index (χ2v) is 6.16. The first kappa shape index (κ1) is 16.6. The average Bonchev–Trinajstić information content (AvgIpc) is 2.40. The minimum Gasteiger partial charge on any atom is -0.369 e. The molecule has 1 aliphatic heterocycles. The maximum absolute atomic E-state index is 10.5. The lowest BCUT2D eigenvalue weighted by Crippen LogP contribution is -2.37. The van der Waals surface area contributed by atoms with Crippen molar-refractivity contribution in [3.63, 3.8) is 0 Å². The van der Waals surface area contributed by atoms with Crippen molar-refractivity contribution >= 4 is 16.0 Å². The number of hydrogen-bond acceptors (Lipinski definition) is 4. The van der Waals surface area contributed by atoms with Gasteiger partial charge in [0.2, 0.25) is 5.91 Å². The number of benzene rings is 1. The fourth-order valence-corrected chi connectivity index (χ4v) is 2.28. The molecule has 0 aromatic heterocycles. The number of nitrogens with one attached hydrogen (secondary N) is 1. The van der Waals surface area contributed by atoms with E-state index in [4.69, 9.17) is 10.3 Å². The van der Waals surface area contributed by atoms with Crippen LogP contribution in [0, 0.1) is 12.8 Å². The van der Waals surface area contributed by atoms with E-state index in [9.17, 15) is 13.2 Å². The highest BCUT2D eigenvalue weighted by Gasteiger charge is 2.17. The lowest BCUT2D eigenvalue weighted by Gasteiger charge is -2.18. The Morgan fingerprint density at radius 1 is 1.35 bits per heavy atom. The molecule has 1 fully saturated rings. The van der Waals surface area contributed by atoms with Crippen molar-refractivity contribution in [2.45, 2.75) is 24.7 Å². The van der Waals surface area contributed by atoms with Gasteiger partial charge >= 0.3 is 0 Å². The molecular formula is C13H20N2O4S. The molecule has 0 unspecified atom stereocenters. The summed E-state index contributed by atoms with van der Waals surface area (Å²) in [7, 11) is -4.02. The van der Waals surface area contributed by atoms with Crippen LogP contribution in [-0.2, 0) is 14.9 Å². The fraction of sp³-hybridized carbons (Fsp3) is 0.462. The largest absolute Gasteiger partial charge is 0.369 e. The number of nitrogens with two attached hydrogens (primary N) is 1. The summed E-state index contributed by atoms with van der Waals surface area (Å²) < 4.78 is 29.6. The zero-order chi connectivity index (χ0) is 15.2. The van der Waals surface area contributed by atoms with Crippen molar-refractivity contribution < 1.29 is 17.8 Å². The van der Waals surface area contributed by atoms with Crippen LogP contribution in [0.15, 0.2) is 29.2 Å². The molecule has 1 heterocycles. The van der Waals surface area contributed by atoms with Crippen molar-refractivity contribution in [2.75, 3.05) is 13.1 Å². The van der Waals surface area contributed by atoms with Gasteiger partial charge < -0.3 is 11.1 Å². The van der Waals surface area contributed by atoms with Crippen LogP contribution in [-0.4, -0.2) is 32.0 Å². The Kier molecular flexibility index (Phi) is 6.12. The third-order valence-electron chi connectivity index (χ3n) is 3.02. The lowest BCUT2D eigenvalue weighted by atomic mass is 9.99. The molecule has 2 rings (SSSR count). The van der Waals surface area contributed by atoms with Gasteiger partial charge in [-0.1, -0.05) is 17.7 Å². The third kappa shape index (κ3) is 5.68. The molecule has 1 amide bonds. The molecule has 7 heteroatoms. The van der Waals surface area contributed by atoms with Crippen LogP contribution >= 0.6 is 0 Å². The molecule has 0 radical (unpaired) electrons. The maximum atomic E-state index is 10.5. The SMILES string of the molecule is Cc1ccc(S(=O)(=O)O)cc1.NC(=O)[C@@H]1CCCNC1. The van der Waals surface area contributed by atoms with Crippen LogP contribution in [0.5, 0.6) is 0 Å². The van der Waals surface area contributed by atoms with Gasteiger partial charge in [0, 0.05) is 6.54 Å². The summed E-state index contributed by atoms with van der Waals surface area (Å²) in [5.74, 6) is -0.0825. The Labute approximate surface area is 119 Å². The number of carbonyl (C=O) groups is 1. The summed E-state index contributed by atoms with van der Waals surface area (Å²) in [5, 5.41) is 3.12. The van der Waals surface area contributed by atoms with Gasteiger partial charge in [-0.05, 0) is 38.4 Å². The fourth-order valence-electron chi connectivity index (χ4n) is 1.80. The van der Waals surface area contributed by atoms with E-state index in [1.807, 2.05) is 6.92 Å². The first-order chi connectivity index (χ1) is 9.30. The highest BCUT2D eigenvalue weighted by Crippen LogP contribution is 2.08. The Bertz CT molecular complexity index is 534. The quantitative estimate of drug-likeness (QED) is 0.697. The summed E-state index contributed by atoms with van der Waals surface area (Å²) >= 11 is 0. The van der Waals surface area contributed by atoms with Gasteiger partial charge in [-0.2, -0.15) is 8.42 Å². The molecule has 1 saturated heterocycles. The van der Waals surface area contributed by atoms with Crippen LogP contribution in [0.4, 0.5) is 0 Å². The monoisotopic (exact) mass is 300 g/mol. The number of piperidine rings is 1. The summed E-state index contributed by atoms with van der Waals surface area (Å²) in [6.07, 6.45) is 2.04.